The Labute approximate surface area is 118 Å². The number of carbonyl (C=O) groups excluding carboxylic acids is 1. The average Bonchev–Trinajstić information content (AvgIpc) is 2.40. The Balaban J connectivity index is 2.05. The highest BCUT2D eigenvalue weighted by atomic mass is 35.5. The van der Waals surface area contributed by atoms with Crippen LogP contribution in [0.3, 0.4) is 0 Å². The molecule has 0 aliphatic carbocycles. The largest absolute Gasteiger partial charge is 0.376 e. The van der Waals surface area contributed by atoms with E-state index < -0.39 is 0 Å². The van der Waals surface area contributed by atoms with Crippen molar-refractivity contribution in [1.82, 2.24) is 0 Å². The first kappa shape index (κ1) is 13.6. The van der Waals surface area contributed by atoms with Crippen LogP contribution >= 0.6 is 11.6 Å². The number of carbonyl (C=O) groups is 1. The third-order valence-electron chi connectivity index (χ3n) is 3.14. The maximum absolute atomic E-state index is 12.1. The number of aryl methyl sites for hydroxylation is 2. The quantitative estimate of drug-likeness (QED) is 0.844. The van der Waals surface area contributed by atoms with E-state index in [2.05, 4.69) is 5.32 Å². The number of benzene rings is 2. The van der Waals surface area contributed by atoms with Gasteiger partial charge in [0.15, 0.2) is 5.78 Å². The number of rotatable bonds is 4. The zero-order valence-electron chi connectivity index (χ0n) is 11.0. The molecule has 2 nitrogen and oxygen atoms in total. The molecule has 2 rings (SSSR count). The van der Waals surface area contributed by atoms with E-state index in [9.17, 15) is 4.79 Å². The van der Waals surface area contributed by atoms with E-state index in [-0.39, 0.29) is 12.3 Å². The molecule has 0 aliphatic rings. The third-order valence-corrected chi connectivity index (χ3v) is 3.47. The summed E-state index contributed by atoms with van der Waals surface area (Å²) < 4.78 is 0. The molecule has 0 amide bonds. The zero-order valence-corrected chi connectivity index (χ0v) is 11.8. The Morgan fingerprint density at radius 1 is 1.11 bits per heavy atom. The molecular formula is C16H16ClNO. The SMILES string of the molecule is Cc1ccc(C(=O)CNc2ccccc2Cl)cc1C. The molecule has 0 saturated carbocycles. The lowest BCUT2D eigenvalue weighted by Gasteiger charge is -2.08. The van der Waals surface area contributed by atoms with Gasteiger partial charge in [0.25, 0.3) is 0 Å². The van der Waals surface area contributed by atoms with Crippen molar-refractivity contribution in [3.8, 4) is 0 Å². The van der Waals surface area contributed by atoms with Gasteiger partial charge >= 0.3 is 0 Å². The van der Waals surface area contributed by atoms with Crippen molar-refractivity contribution >= 4 is 23.1 Å². The fourth-order valence-corrected chi connectivity index (χ4v) is 2.00. The van der Waals surface area contributed by atoms with Gasteiger partial charge in [-0.05, 0) is 43.2 Å². The summed E-state index contributed by atoms with van der Waals surface area (Å²) in [6.07, 6.45) is 0. The van der Waals surface area contributed by atoms with Crippen LogP contribution < -0.4 is 5.32 Å². The van der Waals surface area contributed by atoms with Gasteiger partial charge in [0.05, 0.1) is 17.3 Å². The lowest BCUT2D eigenvalue weighted by Crippen LogP contribution is -2.14. The molecule has 0 radical (unpaired) electrons. The molecule has 3 heteroatoms. The van der Waals surface area contributed by atoms with Gasteiger partial charge < -0.3 is 5.32 Å². The summed E-state index contributed by atoms with van der Waals surface area (Å²) in [6, 6.07) is 13.1. The van der Waals surface area contributed by atoms with Crippen LogP contribution in [0.15, 0.2) is 42.5 Å². The van der Waals surface area contributed by atoms with Crippen molar-refractivity contribution in [2.24, 2.45) is 0 Å². The molecule has 19 heavy (non-hydrogen) atoms. The average molecular weight is 274 g/mol. The van der Waals surface area contributed by atoms with E-state index in [0.29, 0.717) is 5.02 Å². The van der Waals surface area contributed by atoms with Gasteiger partial charge in [0, 0.05) is 5.56 Å². The molecule has 0 bridgehead atoms. The summed E-state index contributed by atoms with van der Waals surface area (Å²) in [4.78, 5) is 12.1. The monoisotopic (exact) mass is 273 g/mol. The van der Waals surface area contributed by atoms with Crippen LogP contribution in [0.4, 0.5) is 5.69 Å². The fraction of sp³-hybridized carbons (Fsp3) is 0.188. The topological polar surface area (TPSA) is 29.1 Å². The Kier molecular flexibility index (Phi) is 4.23. The van der Waals surface area contributed by atoms with E-state index in [1.54, 1.807) is 6.07 Å². The molecule has 0 aromatic heterocycles. The van der Waals surface area contributed by atoms with E-state index in [0.717, 1.165) is 16.8 Å². The van der Waals surface area contributed by atoms with Crippen molar-refractivity contribution in [1.29, 1.82) is 0 Å². The van der Waals surface area contributed by atoms with Crippen LogP contribution in [0.1, 0.15) is 21.5 Å². The Bertz CT molecular complexity index is 607. The van der Waals surface area contributed by atoms with Gasteiger partial charge in [-0.25, -0.2) is 0 Å². The maximum Gasteiger partial charge on any atom is 0.181 e. The van der Waals surface area contributed by atoms with Gasteiger partial charge in [-0.3, -0.25) is 4.79 Å². The summed E-state index contributed by atoms with van der Waals surface area (Å²) in [7, 11) is 0. The first-order valence-corrected chi connectivity index (χ1v) is 6.54. The first-order chi connectivity index (χ1) is 9.08. The molecule has 0 saturated heterocycles. The Morgan fingerprint density at radius 2 is 1.84 bits per heavy atom. The number of halogens is 1. The van der Waals surface area contributed by atoms with Crippen LogP contribution in [0.5, 0.6) is 0 Å². The number of para-hydroxylation sites is 1. The summed E-state index contributed by atoms with van der Waals surface area (Å²) in [5.74, 6) is 0.0584. The lowest BCUT2D eigenvalue weighted by molar-refractivity contribution is 0.101. The minimum atomic E-state index is 0.0584. The normalized spacial score (nSPS) is 10.3. The number of nitrogens with one attached hydrogen (secondary N) is 1. The van der Waals surface area contributed by atoms with E-state index >= 15 is 0 Å². The molecule has 0 spiro atoms. The first-order valence-electron chi connectivity index (χ1n) is 6.17. The van der Waals surface area contributed by atoms with Crippen molar-refractivity contribution in [3.05, 3.63) is 64.2 Å². The van der Waals surface area contributed by atoms with Crippen LogP contribution in [-0.2, 0) is 0 Å². The number of hydrogen-bond donors (Lipinski definition) is 1. The van der Waals surface area contributed by atoms with Crippen LogP contribution in [0.25, 0.3) is 0 Å². The number of hydrogen-bond acceptors (Lipinski definition) is 2. The summed E-state index contributed by atoms with van der Waals surface area (Å²) in [5.41, 5.74) is 3.82. The molecule has 98 valence electrons. The number of anilines is 1. The number of ketones is 1. The highest BCUT2D eigenvalue weighted by Crippen LogP contribution is 2.20. The molecule has 2 aromatic carbocycles. The van der Waals surface area contributed by atoms with Crippen molar-refractivity contribution in [3.63, 3.8) is 0 Å². The predicted molar refractivity (Wildman–Crippen MR) is 80.2 cm³/mol. The third kappa shape index (κ3) is 3.36. The smallest absolute Gasteiger partial charge is 0.181 e. The maximum atomic E-state index is 12.1. The van der Waals surface area contributed by atoms with Gasteiger partial charge in [-0.2, -0.15) is 0 Å². The van der Waals surface area contributed by atoms with Gasteiger partial charge in [0.2, 0.25) is 0 Å². The highest BCUT2D eigenvalue weighted by molar-refractivity contribution is 6.33. The predicted octanol–water partition coefficient (Wildman–Crippen LogP) is 4.25. The lowest BCUT2D eigenvalue weighted by atomic mass is 10.0. The Morgan fingerprint density at radius 3 is 2.53 bits per heavy atom. The van der Waals surface area contributed by atoms with E-state index in [4.69, 9.17) is 11.6 Å². The van der Waals surface area contributed by atoms with Gasteiger partial charge in [-0.1, -0.05) is 35.9 Å². The minimum absolute atomic E-state index is 0.0584. The molecule has 1 N–H and O–H groups in total. The van der Waals surface area contributed by atoms with Gasteiger partial charge in [0.1, 0.15) is 0 Å². The molecule has 0 aliphatic heterocycles. The van der Waals surface area contributed by atoms with Crippen molar-refractivity contribution in [2.45, 2.75) is 13.8 Å². The highest BCUT2D eigenvalue weighted by Gasteiger charge is 2.07. The van der Waals surface area contributed by atoms with Crippen LogP contribution in [-0.4, -0.2) is 12.3 Å². The molecule has 0 unspecified atom stereocenters. The summed E-state index contributed by atoms with van der Waals surface area (Å²) in [6.45, 7) is 4.28. The van der Waals surface area contributed by atoms with E-state index in [1.807, 2.05) is 50.2 Å². The van der Waals surface area contributed by atoms with Crippen molar-refractivity contribution in [2.75, 3.05) is 11.9 Å². The second-order valence-corrected chi connectivity index (χ2v) is 4.96. The molecular weight excluding hydrogens is 258 g/mol. The standard InChI is InChI=1S/C16H16ClNO/c1-11-7-8-13(9-12(11)2)16(19)10-18-15-6-4-3-5-14(15)17/h3-9,18H,10H2,1-2H3. The summed E-state index contributed by atoms with van der Waals surface area (Å²) in [5, 5.41) is 3.68. The Hall–Kier alpha value is -1.80. The molecule has 0 atom stereocenters. The second kappa shape index (κ2) is 5.89. The number of Topliss-reactive ketones (excluding diaryl/α,β-unsaturated/α-hetero) is 1. The molecule has 2 aromatic rings. The molecule has 0 heterocycles. The second-order valence-electron chi connectivity index (χ2n) is 4.56. The summed E-state index contributed by atoms with van der Waals surface area (Å²) >= 11 is 6.03. The minimum Gasteiger partial charge on any atom is -0.376 e. The van der Waals surface area contributed by atoms with Crippen LogP contribution in [0, 0.1) is 13.8 Å². The van der Waals surface area contributed by atoms with Crippen molar-refractivity contribution < 1.29 is 4.79 Å². The molecule has 0 fully saturated rings. The van der Waals surface area contributed by atoms with E-state index in [1.165, 1.54) is 5.56 Å². The van der Waals surface area contributed by atoms with Crippen LogP contribution in [0.2, 0.25) is 5.02 Å². The zero-order chi connectivity index (χ0) is 13.8. The fourth-order valence-electron chi connectivity index (χ4n) is 1.80. The van der Waals surface area contributed by atoms with Gasteiger partial charge in [-0.15, -0.1) is 0 Å².